The Morgan fingerprint density at radius 3 is 2.47 bits per heavy atom. The molecule has 2 N–H and O–H groups in total. The minimum atomic E-state index is 0.195. The number of aliphatic imine (C=N–C) groups is 1. The second kappa shape index (κ2) is 9.13. The van der Waals surface area contributed by atoms with Crippen LogP contribution in [0.4, 0.5) is 0 Å². The standard InChI is InChI=1S/C26H30N8/c1-5-22-23(34-24(28-22)15-17(3)26(27-6-2)33(34)4)16-18-11-13-19(14-12-18)20-9-7-8-10-21(20)25-29-31-32-30-25/h7-15,23,27H,5-6,16H2,1-4H3,(H,29,30,31,32). The van der Waals surface area contributed by atoms with Crippen molar-refractivity contribution < 1.29 is 0 Å². The van der Waals surface area contributed by atoms with Crippen molar-refractivity contribution in [3.8, 4) is 22.5 Å². The molecule has 5 rings (SSSR count). The smallest absolute Gasteiger partial charge is 0.205 e. The fourth-order valence-corrected chi connectivity index (χ4v) is 4.85. The fourth-order valence-electron chi connectivity index (χ4n) is 4.85. The molecule has 0 saturated heterocycles. The van der Waals surface area contributed by atoms with Crippen molar-refractivity contribution in [1.82, 2.24) is 36.0 Å². The summed E-state index contributed by atoms with van der Waals surface area (Å²) >= 11 is 0. The molecule has 2 aromatic carbocycles. The van der Waals surface area contributed by atoms with Crippen LogP contribution in [-0.4, -0.2) is 56.0 Å². The molecule has 0 fully saturated rings. The third kappa shape index (κ3) is 3.85. The van der Waals surface area contributed by atoms with Gasteiger partial charge in [0.25, 0.3) is 0 Å². The maximum absolute atomic E-state index is 4.98. The monoisotopic (exact) mass is 454 g/mol. The second-order valence-electron chi connectivity index (χ2n) is 8.59. The number of rotatable bonds is 7. The van der Waals surface area contributed by atoms with E-state index < -0.39 is 0 Å². The summed E-state index contributed by atoms with van der Waals surface area (Å²) in [5.74, 6) is 2.76. The van der Waals surface area contributed by atoms with Gasteiger partial charge in [0.1, 0.15) is 11.6 Å². The fraction of sp³-hybridized carbons (Fsp3) is 0.308. The van der Waals surface area contributed by atoms with Crippen LogP contribution in [0.3, 0.4) is 0 Å². The molecule has 0 amide bonds. The molecule has 0 saturated carbocycles. The van der Waals surface area contributed by atoms with Gasteiger partial charge in [-0.15, -0.1) is 10.2 Å². The number of aromatic amines is 1. The van der Waals surface area contributed by atoms with Gasteiger partial charge in [-0.05, 0) is 53.8 Å². The van der Waals surface area contributed by atoms with Crippen LogP contribution in [-0.2, 0) is 6.42 Å². The summed E-state index contributed by atoms with van der Waals surface area (Å²) in [6.07, 6.45) is 4.00. The van der Waals surface area contributed by atoms with Gasteiger partial charge in [-0.3, -0.25) is 10.0 Å². The minimum Gasteiger partial charge on any atom is -0.370 e. The van der Waals surface area contributed by atoms with Crippen molar-refractivity contribution in [1.29, 1.82) is 0 Å². The molecule has 1 atom stereocenters. The van der Waals surface area contributed by atoms with Crippen LogP contribution in [0.2, 0.25) is 0 Å². The van der Waals surface area contributed by atoms with Gasteiger partial charge in [0.15, 0.2) is 0 Å². The first kappa shape index (κ1) is 21.9. The molecule has 0 radical (unpaired) electrons. The molecule has 3 aromatic rings. The molecule has 34 heavy (non-hydrogen) atoms. The van der Waals surface area contributed by atoms with E-state index in [0.717, 1.165) is 47.7 Å². The molecule has 3 heterocycles. The van der Waals surface area contributed by atoms with Crippen LogP contribution < -0.4 is 5.32 Å². The molecule has 1 unspecified atom stereocenters. The molecule has 8 heteroatoms. The predicted octanol–water partition coefficient (Wildman–Crippen LogP) is 4.15. The highest BCUT2D eigenvalue weighted by molar-refractivity contribution is 5.92. The van der Waals surface area contributed by atoms with E-state index in [-0.39, 0.29) is 6.04 Å². The highest BCUT2D eigenvalue weighted by atomic mass is 15.7. The van der Waals surface area contributed by atoms with Crippen molar-refractivity contribution in [3.05, 3.63) is 77.4 Å². The van der Waals surface area contributed by atoms with Crippen LogP contribution in [0, 0.1) is 0 Å². The lowest BCUT2D eigenvalue weighted by atomic mass is 9.95. The molecular formula is C26H30N8. The number of H-pyrrole nitrogens is 1. The lowest BCUT2D eigenvalue weighted by Crippen LogP contribution is -2.50. The van der Waals surface area contributed by atoms with Crippen molar-refractivity contribution in [2.45, 2.75) is 39.7 Å². The van der Waals surface area contributed by atoms with Crippen molar-refractivity contribution in [2.75, 3.05) is 13.6 Å². The van der Waals surface area contributed by atoms with Crippen molar-refractivity contribution >= 4 is 5.71 Å². The van der Waals surface area contributed by atoms with E-state index in [9.17, 15) is 0 Å². The van der Waals surface area contributed by atoms with Gasteiger partial charge in [0, 0.05) is 31.3 Å². The number of hydrogen-bond donors (Lipinski definition) is 2. The lowest BCUT2D eigenvalue weighted by molar-refractivity contribution is 0.0470. The molecule has 0 bridgehead atoms. The van der Waals surface area contributed by atoms with Crippen LogP contribution in [0.1, 0.15) is 32.8 Å². The Balaban J connectivity index is 1.41. The number of nitrogens with zero attached hydrogens (tertiary/aromatic N) is 6. The van der Waals surface area contributed by atoms with Crippen LogP contribution in [0.5, 0.6) is 0 Å². The number of allylic oxidation sites excluding steroid dienone is 2. The van der Waals surface area contributed by atoms with Crippen LogP contribution in [0.25, 0.3) is 22.5 Å². The zero-order valence-electron chi connectivity index (χ0n) is 20.1. The summed E-state index contributed by atoms with van der Waals surface area (Å²) in [6.45, 7) is 7.33. The first-order chi connectivity index (χ1) is 16.6. The molecule has 2 aliphatic rings. The Morgan fingerprint density at radius 2 is 1.79 bits per heavy atom. The number of hydrazine groups is 1. The number of nitrogens with one attached hydrogen (secondary N) is 2. The van der Waals surface area contributed by atoms with E-state index in [0.29, 0.717) is 5.82 Å². The van der Waals surface area contributed by atoms with Gasteiger partial charge in [-0.2, -0.15) is 5.21 Å². The van der Waals surface area contributed by atoms with Gasteiger partial charge < -0.3 is 5.32 Å². The maximum atomic E-state index is 4.98. The molecule has 1 aromatic heterocycles. The van der Waals surface area contributed by atoms with Crippen molar-refractivity contribution in [2.24, 2.45) is 4.99 Å². The van der Waals surface area contributed by atoms with E-state index in [2.05, 4.69) is 100 Å². The Kier molecular flexibility index (Phi) is 5.88. The third-order valence-electron chi connectivity index (χ3n) is 6.45. The Labute approximate surface area is 200 Å². The zero-order valence-corrected chi connectivity index (χ0v) is 20.1. The molecule has 174 valence electrons. The molecule has 8 nitrogen and oxygen atoms in total. The minimum absolute atomic E-state index is 0.195. The molecule has 0 spiro atoms. The maximum Gasteiger partial charge on any atom is 0.205 e. The number of benzene rings is 2. The summed E-state index contributed by atoms with van der Waals surface area (Å²) in [7, 11) is 2.12. The topological polar surface area (TPSA) is 85.3 Å². The Hall–Kier alpha value is -3.94. The predicted molar refractivity (Wildman–Crippen MR) is 134 cm³/mol. The Morgan fingerprint density at radius 1 is 1.03 bits per heavy atom. The molecular weight excluding hydrogens is 424 g/mol. The van der Waals surface area contributed by atoms with E-state index in [4.69, 9.17) is 4.99 Å². The summed E-state index contributed by atoms with van der Waals surface area (Å²) < 4.78 is 0. The summed E-state index contributed by atoms with van der Waals surface area (Å²) in [6, 6.07) is 17.1. The van der Waals surface area contributed by atoms with Gasteiger partial charge in [-0.25, -0.2) is 4.99 Å². The Bertz CT molecular complexity index is 1250. The summed E-state index contributed by atoms with van der Waals surface area (Å²) in [5, 5.41) is 22.6. The molecule has 0 aliphatic carbocycles. The number of fused-ring (bicyclic) bond motifs is 1. The third-order valence-corrected chi connectivity index (χ3v) is 6.45. The highest BCUT2D eigenvalue weighted by Crippen LogP contribution is 2.34. The molecule has 2 aliphatic heterocycles. The number of aromatic nitrogens is 4. The largest absolute Gasteiger partial charge is 0.370 e. The summed E-state index contributed by atoms with van der Waals surface area (Å²) in [5.41, 5.74) is 6.88. The first-order valence-electron chi connectivity index (χ1n) is 11.8. The van der Waals surface area contributed by atoms with E-state index >= 15 is 0 Å². The average molecular weight is 455 g/mol. The van der Waals surface area contributed by atoms with Crippen molar-refractivity contribution in [3.63, 3.8) is 0 Å². The summed E-state index contributed by atoms with van der Waals surface area (Å²) in [4.78, 5) is 4.98. The highest BCUT2D eigenvalue weighted by Gasteiger charge is 2.37. The van der Waals surface area contributed by atoms with Gasteiger partial charge in [0.2, 0.25) is 5.82 Å². The number of hydrogen-bond acceptors (Lipinski definition) is 7. The van der Waals surface area contributed by atoms with E-state index in [1.165, 1.54) is 16.8 Å². The van der Waals surface area contributed by atoms with Gasteiger partial charge in [0.05, 0.1) is 6.04 Å². The average Bonchev–Trinajstić information content (AvgIpc) is 3.51. The van der Waals surface area contributed by atoms with Crippen LogP contribution in [0.15, 0.2) is 76.8 Å². The zero-order chi connectivity index (χ0) is 23.7. The van der Waals surface area contributed by atoms with Gasteiger partial charge in [-0.1, -0.05) is 55.5 Å². The second-order valence-corrected chi connectivity index (χ2v) is 8.59. The first-order valence-corrected chi connectivity index (χ1v) is 11.8. The quantitative estimate of drug-likeness (QED) is 0.558. The number of tetrazole rings is 1. The van der Waals surface area contributed by atoms with E-state index in [1.807, 2.05) is 18.2 Å². The normalized spacial score (nSPS) is 17.6. The lowest BCUT2D eigenvalue weighted by Gasteiger charge is -2.41. The van der Waals surface area contributed by atoms with E-state index in [1.54, 1.807) is 0 Å². The van der Waals surface area contributed by atoms with Gasteiger partial charge >= 0.3 is 0 Å². The SMILES string of the molecule is CCNC1=C(C)C=C2N=C(CC)C(Cc3ccc(-c4ccccc4-c4nn[nH]n4)cc3)N2N1C. The van der Waals surface area contributed by atoms with Crippen LogP contribution >= 0.6 is 0 Å².